The number of carboxylic acids is 1. The van der Waals surface area contributed by atoms with Crippen molar-refractivity contribution in [1.82, 2.24) is 4.90 Å². The number of benzene rings is 1. The number of amides is 2. The highest BCUT2D eigenvalue weighted by Crippen LogP contribution is 2.20. The van der Waals surface area contributed by atoms with Gasteiger partial charge in [-0.15, -0.1) is 0 Å². The van der Waals surface area contributed by atoms with E-state index in [2.05, 4.69) is 5.32 Å². The first-order valence-electron chi connectivity index (χ1n) is 5.82. The smallest absolute Gasteiger partial charge is 0.337 e. The highest BCUT2D eigenvalue weighted by atomic mass is 19.1. The van der Waals surface area contributed by atoms with Gasteiger partial charge in [0, 0.05) is 13.1 Å². The second-order valence-corrected chi connectivity index (χ2v) is 4.10. The highest BCUT2D eigenvalue weighted by Gasteiger charge is 2.20. The van der Waals surface area contributed by atoms with Crippen LogP contribution in [0, 0.1) is 5.82 Å². The van der Waals surface area contributed by atoms with Crippen molar-refractivity contribution in [2.75, 3.05) is 18.4 Å². The molecule has 2 N–H and O–H groups in total. The molecule has 0 spiro atoms. The number of para-hydroxylation sites is 1. The van der Waals surface area contributed by atoms with Crippen molar-refractivity contribution in [3.8, 4) is 0 Å². The van der Waals surface area contributed by atoms with Gasteiger partial charge in [0.05, 0.1) is 11.3 Å². The maximum Gasteiger partial charge on any atom is 0.337 e. The van der Waals surface area contributed by atoms with E-state index in [-0.39, 0.29) is 11.3 Å². The summed E-state index contributed by atoms with van der Waals surface area (Å²) in [6.07, 6.45) is 4.52. The number of nitrogens with zero attached hydrogens (tertiary/aromatic N) is 1. The molecule has 6 heteroatoms. The number of rotatable bonds is 2. The first kappa shape index (κ1) is 13.1. The minimum atomic E-state index is -1.28. The van der Waals surface area contributed by atoms with Crippen molar-refractivity contribution >= 4 is 17.7 Å². The second kappa shape index (κ2) is 5.51. The molecule has 0 fully saturated rings. The molecule has 2 amide bonds. The van der Waals surface area contributed by atoms with Crippen molar-refractivity contribution in [2.45, 2.75) is 6.42 Å². The summed E-state index contributed by atoms with van der Waals surface area (Å²) in [6, 6.07) is 3.14. The highest BCUT2D eigenvalue weighted by molar-refractivity contribution is 6.00. The maximum atomic E-state index is 13.6. The minimum Gasteiger partial charge on any atom is -0.478 e. The zero-order valence-corrected chi connectivity index (χ0v) is 10.1. The number of hydrogen-bond acceptors (Lipinski definition) is 2. The largest absolute Gasteiger partial charge is 0.478 e. The van der Waals surface area contributed by atoms with Crippen LogP contribution in [0.2, 0.25) is 0 Å². The van der Waals surface area contributed by atoms with Gasteiger partial charge in [-0.1, -0.05) is 18.2 Å². The van der Waals surface area contributed by atoms with E-state index in [1.807, 2.05) is 12.2 Å². The number of hydrogen-bond donors (Lipinski definition) is 2. The van der Waals surface area contributed by atoms with E-state index >= 15 is 0 Å². The fourth-order valence-corrected chi connectivity index (χ4v) is 1.84. The van der Waals surface area contributed by atoms with E-state index in [1.165, 1.54) is 17.0 Å². The molecule has 0 aliphatic carbocycles. The number of carboxylic acid groups (broad SMARTS) is 1. The molecule has 0 aromatic heterocycles. The number of carbonyl (C=O) groups is 2. The number of urea groups is 1. The van der Waals surface area contributed by atoms with Crippen molar-refractivity contribution < 1.29 is 19.1 Å². The summed E-state index contributed by atoms with van der Waals surface area (Å²) in [4.78, 5) is 24.4. The lowest BCUT2D eigenvalue weighted by atomic mass is 10.1. The Morgan fingerprint density at radius 3 is 2.74 bits per heavy atom. The normalized spacial score (nSPS) is 14.3. The van der Waals surface area contributed by atoms with E-state index in [1.54, 1.807) is 0 Å². The molecule has 0 saturated carbocycles. The number of anilines is 1. The summed E-state index contributed by atoms with van der Waals surface area (Å²) >= 11 is 0. The number of halogens is 1. The molecule has 1 aromatic rings. The van der Waals surface area contributed by atoms with Gasteiger partial charge in [-0.3, -0.25) is 0 Å². The van der Waals surface area contributed by atoms with Gasteiger partial charge in [-0.2, -0.15) is 0 Å². The molecule has 19 heavy (non-hydrogen) atoms. The quantitative estimate of drug-likeness (QED) is 0.805. The summed E-state index contributed by atoms with van der Waals surface area (Å²) in [5.41, 5.74) is -0.560. The van der Waals surface area contributed by atoms with E-state index in [0.717, 1.165) is 12.5 Å². The number of aromatic carboxylic acids is 1. The van der Waals surface area contributed by atoms with Crippen LogP contribution < -0.4 is 5.32 Å². The van der Waals surface area contributed by atoms with E-state index in [4.69, 9.17) is 5.11 Å². The minimum absolute atomic E-state index is 0.263. The molecule has 1 aliphatic heterocycles. The number of nitrogens with one attached hydrogen (secondary N) is 1. The third-order valence-corrected chi connectivity index (χ3v) is 2.82. The standard InChI is InChI=1S/C13H13FN2O3/c14-10-6-4-5-9(12(17)18)11(10)15-13(19)16-7-2-1-3-8-16/h1-2,4-6H,3,7-8H2,(H,15,19)(H,17,18). The Labute approximate surface area is 109 Å². The van der Waals surface area contributed by atoms with Crippen LogP contribution in [0.4, 0.5) is 14.9 Å². The zero-order chi connectivity index (χ0) is 13.8. The molecule has 0 bridgehead atoms. The molecule has 0 unspecified atom stereocenters. The molecule has 1 aliphatic rings. The second-order valence-electron chi connectivity index (χ2n) is 4.10. The summed E-state index contributed by atoms with van der Waals surface area (Å²) in [5.74, 6) is -2.05. The Kier molecular flexibility index (Phi) is 3.79. The predicted octanol–water partition coefficient (Wildman–Crippen LogP) is 2.32. The Balaban J connectivity index is 2.20. The lowest BCUT2D eigenvalue weighted by molar-refractivity contribution is 0.0697. The molecule has 0 atom stereocenters. The van der Waals surface area contributed by atoms with Crippen LogP contribution in [-0.2, 0) is 0 Å². The first-order valence-corrected chi connectivity index (χ1v) is 5.82. The van der Waals surface area contributed by atoms with Crippen LogP contribution in [0.1, 0.15) is 16.8 Å². The average molecular weight is 264 g/mol. The molecular weight excluding hydrogens is 251 g/mol. The van der Waals surface area contributed by atoms with E-state index < -0.39 is 17.8 Å². The fraction of sp³-hybridized carbons (Fsp3) is 0.231. The monoisotopic (exact) mass is 264 g/mol. The van der Waals surface area contributed by atoms with Crippen molar-refractivity contribution in [2.24, 2.45) is 0 Å². The van der Waals surface area contributed by atoms with Gasteiger partial charge in [-0.05, 0) is 18.6 Å². The first-order chi connectivity index (χ1) is 9.09. The van der Waals surface area contributed by atoms with Gasteiger partial charge >= 0.3 is 12.0 Å². The topological polar surface area (TPSA) is 69.6 Å². The molecule has 0 radical (unpaired) electrons. The van der Waals surface area contributed by atoms with Gasteiger partial charge in [0.25, 0.3) is 0 Å². The van der Waals surface area contributed by atoms with Gasteiger partial charge in [0.2, 0.25) is 0 Å². The van der Waals surface area contributed by atoms with Crippen LogP contribution in [0.5, 0.6) is 0 Å². The summed E-state index contributed by atoms with van der Waals surface area (Å²) in [5, 5.41) is 11.3. The van der Waals surface area contributed by atoms with Crippen molar-refractivity contribution in [3.05, 3.63) is 41.7 Å². The number of carbonyl (C=O) groups excluding carboxylic acids is 1. The van der Waals surface area contributed by atoms with Gasteiger partial charge in [-0.25, -0.2) is 14.0 Å². The average Bonchev–Trinajstić information content (AvgIpc) is 2.41. The van der Waals surface area contributed by atoms with Gasteiger partial charge in [0.1, 0.15) is 5.82 Å². The lowest BCUT2D eigenvalue weighted by Crippen LogP contribution is -2.37. The molecule has 2 rings (SSSR count). The van der Waals surface area contributed by atoms with Crippen LogP contribution in [0.15, 0.2) is 30.4 Å². The zero-order valence-electron chi connectivity index (χ0n) is 10.1. The van der Waals surface area contributed by atoms with Crippen molar-refractivity contribution in [1.29, 1.82) is 0 Å². The lowest BCUT2D eigenvalue weighted by Gasteiger charge is -2.24. The molecule has 0 saturated heterocycles. The Bertz CT molecular complexity index is 543. The Morgan fingerprint density at radius 1 is 1.32 bits per heavy atom. The van der Waals surface area contributed by atoms with Crippen LogP contribution in [0.25, 0.3) is 0 Å². The molecule has 5 nitrogen and oxygen atoms in total. The summed E-state index contributed by atoms with van der Waals surface area (Å²) in [7, 11) is 0. The maximum absolute atomic E-state index is 13.6. The van der Waals surface area contributed by atoms with Crippen LogP contribution in [0.3, 0.4) is 0 Å². The molecular formula is C13H13FN2O3. The summed E-state index contributed by atoms with van der Waals surface area (Å²) in [6.45, 7) is 0.960. The van der Waals surface area contributed by atoms with Crippen LogP contribution >= 0.6 is 0 Å². The van der Waals surface area contributed by atoms with Gasteiger partial charge < -0.3 is 15.3 Å². The van der Waals surface area contributed by atoms with Gasteiger partial charge in [0.15, 0.2) is 0 Å². The Morgan fingerprint density at radius 2 is 2.11 bits per heavy atom. The molecule has 1 aromatic carbocycles. The predicted molar refractivity (Wildman–Crippen MR) is 67.7 cm³/mol. The third kappa shape index (κ3) is 2.90. The van der Waals surface area contributed by atoms with Crippen molar-refractivity contribution in [3.63, 3.8) is 0 Å². The SMILES string of the molecule is O=C(O)c1cccc(F)c1NC(=O)N1CC=CCC1. The van der Waals surface area contributed by atoms with E-state index in [9.17, 15) is 14.0 Å². The molecule has 1 heterocycles. The fourth-order valence-electron chi connectivity index (χ4n) is 1.84. The Hall–Kier alpha value is -2.37. The molecule has 100 valence electrons. The van der Waals surface area contributed by atoms with Crippen LogP contribution in [-0.4, -0.2) is 35.1 Å². The third-order valence-electron chi connectivity index (χ3n) is 2.82. The summed E-state index contributed by atoms with van der Waals surface area (Å²) < 4.78 is 13.6. The van der Waals surface area contributed by atoms with E-state index in [0.29, 0.717) is 13.1 Å².